The molecule has 0 aromatic carbocycles. The first kappa shape index (κ1) is 21.7. The van der Waals surface area contributed by atoms with Crippen molar-refractivity contribution in [3.63, 3.8) is 0 Å². The molecule has 7 heteroatoms. The fourth-order valence-electron chi connectivity index (χ4n) is 3.77. The molecule has 0 unspecified atom stereocenters. The molecule has 0 radical (unpaired) electrons. The number of guanidine groups is 1. The van der Waals surface area contributed by atoms with Crippen LogP contribution in [0.3, 0.4) is 0 Å². The minimum atomic E-state index is 0. The molecular weight excluding hydrogens is 441 g/mol. The molecule has 6 nitrogen and oxygen atoms in total. The fourth-order valence-corrected chi connectivity index (χ4v) is 3.77. The quantitative estimate of drug-likeness (QED) is 0.264. The van der Waals surface area contributed by atoms with Gasteiger partial charge in [-0.1, -0.05) is 12.8 Å². The summed E-state index contributed by atoms with van der Waals surface area (Å²) in [6, 6.07) is 0. The van der Waals surface area contributed by atoms with E-state index < -0.39 is 0 Å². The standard InChI is InChI=1S/C19H35N5O.HI/c1-2-20-19(21-9-5-6-17-7-8-17)24-14-12-22(13-15-24)16-18(25)23-10-3-4-11-23;/h17H,2-16H2,1H3,(H,20,21);1H. The van der Waals surface area contributed by atoms with E-state index in [1.165, 1.54) is 38.5 Å². The van der Waals surface area contributed by atoms with Crippen LogP contribution in [0.25, 0.3) is 0 Å². The fraction of sp³-hybridized carbons (Fsp3) is 0.895. The number of aliphatic imine (C=N–C) groups is 1. The highest BCUT2D eigenvalue weighted by molar-refractivity contribution is 14.0. The van der Waals surface area contributed by atoms with Crippen molar-refractivity contribution < 1.29 is 4.79 Å². The van der Waals surface area contributed by atoms with Gasteiger partial charge in [0.1, 0.15) is 0 Å². The van der Waals surface area contributed by atoms with E-state index in [4.69, 9.17) is 4.99 Å². The van der Waals surface area contributed by atoms with Gasteiger partial charge in [0.05, 0.1) is 6.54 Å². The van der Waals surface area contributed by atoms with Crippen molar-refractivity contribution >= 4 is 35.8 Å². The SMILES string of the molecule is CCNC(=NCCCC1CC1)N1CCN(CC(=O)N2CCCC2)CC1.I. The highest BCUT2D eigenvalue weighted by Crippen LogP contribution is 2.33. The van der Waals surface area contributed by atoms with Crippen LogP contribution in [-0.2, 0) is 4.79 Å². The summed E-state index contributed by atoms with van der Waals surface area (Å²) in [4.78, 5) is 23.8. The molecule has 150 valence electrons. The predicted octanol–water partition coefficient (Wildman–Crippen LogP) is 2.00. The lowest BCUT2D eigenvalue weighted by Crippen LogP contribution is -2.54. The number of carbonyl (C=O) groups is 1. The van der Waals surface area contributed by atoms with Gasteiger partial charge in [0.15, 0.2) is 5.96 Å². The number of amides is 1. The smallest absolute Gasteiger partial charge is 0.236 e. The monoisotopic (exact) mass is 477 g/mol. The summed E-state index contributed by atoms with van der Waals surface area (Å²) in [7, 11) is 0. The number of carbonyl (C=O) groups excluding carboxylic acids is 1. The largest absolute Gasteiger partial charge is 0.357 e. The maximum absolute atomic E-state index is 12.3. The van der Waals surface area contributed by atoms with Crippen molar-refractivity contribution in [3.05, 3.63) is 0 Å². The van der Waals surface area contributed by atoms with Crippen LogP contribution in [0.15, 0.2) is 4.99 Å². The second-order valence-electron chi connectivity index (χ2n) is 7.67. The zero-order chi connectivity index (χ0) is 17.5. The van der Waals surface area contributed by atoms with Gasteiger partial charge in [-0.2, -0.15) is 0 Å². The van der Waals surface area contributed by atoms with E-state index in [9.17, 15) is 4.79 Å². The number of piperazine rings is 1. The average Bonchev–Trinajstić information content (AvgIpc) is 3.28. The minimum Gasteiger partial charge on any atom is -0.357 e. The van der Waals surface area contributed by atoms with E-state index in [0.29, 0.717) is 12.5 Å². The molecular formula is C19H36IN5O. The van der Waals surface area contributed by atoms with Crippen molar-refractivity contribution in [2.75, 3.05) is 58.9 Å². The Labute approximate surface area is 175 Å². The molecule has 0 spiro atoms. The Morgan fingerprint density at radius 2 is 1.73 bits per heavy atom. The lowest BCUT2D eigenvalue weighted by atomic mass is 10.2. The Hall–Kier alpha value is -0.570. The Balaban J connectivity index is 0.00000243. The molecule has 1 saturated carbocycles. The summed E-state index contributed by atoms with van der Waals surface area (Å²) in [6.07, 6.45) is 7.76. The van der Waals surface area contributed by atoms with E-state index in [1.807, 2.05) is 4.90 Å². The molecule has 1 aliphatic carbocycles. The summed E-state index contributed by atoms with van der Waals surface area (Å²) in [5, 5.41) is 3.44. The van der Waals surface area contributed by atoms with Crippen molar-refractivity contribution in [1.29, 1.82) is 0 Å². The third-order valence-electron chi connectivity index (χ3n) is 5.55. The maximum Gasteiger partial charge on any atom is 0.236 e. The summed E-state index contributed by atoms with van der Waals surface area (Å²) in [5.74, 6) is 2.37. The van der Waals surface area contributed by atoms with Crippen molar-refractivity contribution in [3.8, 4) is 0 Å². The van der Waals surface area contributed by atoms with Crippen molar-refractivity contribution in [1.82, 2.24) is 20.0 Å². The van der Waals surface area contributed by atoms with Gasteiger partial charge in [-0.3, -0.25) is 14.7 Å². The lowest BCUT2D eigenvalue weighted by Gasteiger charge is -2.36. The number of nitrogens with one attached hydrogen (secondary N) is 1. The number of nitrogens with zero attached hydrogens (tertiary/aromatic N) is 4. The van der Waals surface area contributed by atoms with E-state index in [1.54, 1.807) is 0 Å². The van der Waals surface area contributed by atoms with Gasteiger partial charge in [0.2, 0.25) is 5.91 Å². The first-order valence-corrected chi connectivity index (χ1v) is 10.3. The van der Waals surface area contributed by atoms with Crippen LogP contribution in [0.2, 0.25) is 0 Å². The highest BCUT2D eigenvalue weighted by Gasteiger charge is 2.24. The molecule has 0 aromatic heterocycles. The Bertz CT molecular complexity index is 455. The van der Waals surface area contributed by atoms with E-state index >= 15 is 0 Å². The van der Waals surface area contributed by atoms with Crippen LogP contribution < -0.4 is 5.32 Å². The molecule has 2 heterocycles. The van der Waals surface area contributed by atoms with Gasteiger partial charge in [-0.05, 0) is 38.5 Å². The summed E-state index contributed by atoms with van der Waals surface area (Å²) >= 11 is 0. The number of hydrogen-bond donors (Lipinski definition) is 1. The summed E-state index contributed by atoms with van der Waals surface area (Å²) in [5.41, 5.74) is 0. The highest BCUT2D eigenvalue weighted by atomic mass is 127. The molecule has 3 fully saturated rings. The number of likely N-dealkylation sites (tertiary alicyclic amines) is 1. The molecule has 0 atom stereocenters. The molecule has 1 N–H and O–H groups in total. The Kier molecular flexibility index (Phi) is 9.45. The molecule has 0 aromatic rings. The van der Waals surface area contributed by atoms with Crippen LogP contribution in [0.5, 0.6) is 0 Å². The predicted molar refractivity (Wildman–Crippen MR) is 117 cm³/mol. The van der Waals surface area contributed by atoms with E-state index in [2.05, 4.69) is 22.0 Å². The molecule has 26 heavy (non-hydrogen) atoms. The maximum atomic E-state index is 12.3. The zero-order valence-corrected chi connectivity index (χ0v) is 18.6. The van der Waals surface area contributed by atoms with E-state index in [-0.39, 0.29) is 24.0 Å². The van der Waals surface area contributed by atoms with Gasteiger partial charge < -0.3 is 15.1 Å². The second kappa shape index (κ2) is 11.3. The van der Waals surface area contributed by atoms with Crippen molar-refractivity contribution in [2.24, 2.45) is 10.9 Å². The molecule has 3 aliphatic rings. The molecule has 0 bridgehead atoms. The Morgan fingerprint density at radius 3 is 2.35 bits per heavy atom. The normalized spacial score (nSPS) is 21.7. The minimum absolute atomic E-state index is 0. The van der Waals surface area contributed by atoms with Crippen LogP contribution in [0.4, 0.5) is 0 Å². The van der Waals surface area contributed by atoms with Crippen LogP contribution in [-0.4, -0.2) is 85.5 Å². The first-order chi connectivity index (χ1) is 12.3. The van der Waals surface area contributed by atoms with Crippen LogP contribution >= 0.6 is 24.0 Å². The number of rotatable bonds is 7. The molecule has 3 rings (SSSR count). The third kappa shape index (κ3) is 6.87. The van der Waals surface area contributed by atoms with Gasteiger partial charge in [0.25, 0.3) is 0 Å². The van der Waals surface area contributed by atoms with Gasteiger partial charge >= 0.3 is 0 Å². The Morgan fingerprint density at radius 1 is 1.04 bits per heavy atom. The zero-order valence-electron chi connectivity index (χ0n) is 16.3. The summed E-state index contributed by atoms with van der Waals surface area (Å²) in [6.45, 7) is 10.3. The van der Waals surface area contributed by atoms with Crippen LogP contribution in [0, 0.1) is 5.92 Å². The first-order valence-electron chi connectivity index (χ1n) is 10.3. The molecule has 2 aliphatic heterocycles. The number of hydrogen-bond acceptors (Lipinski definition) is 3. The van der Waals surface area contributed by atoms with E-state index in [0.717, 1.165) is 64.2 Å². The lowest BCUT2D eigenvalue weighted by molar-refractivity contribution is -0.131. The molecule has 2 saturated heterocycles. The third-order valence-corrected chi connectivity index (χ3v) is 5.55. The van der Waals surface area contributed by atoms with Crippen molar-refractivity contribution in [2.45, 2.75) is 45.4 Å². The van der Waals surface area contributed by atoms with Gasteiger partial charge in [-0.15, -0.1) is 24.0 Å². The van der Waals surface area contributed by atoms with Crippen LogP contribution in [0.1, 0.15) is 45.4 Å². The van der Waals surface area contributed by atoms with Gasteiger partial charge in [-0.25, -0.2) is 0 Å². The average molecular weight is 477 g/mol. The topological polar surface area (TPSA) is 51.2 Å². The van der Waals surface area contributed by atoms with Gasteiger partial charge in [0, 0.05) is 52.4 Å². The summed E-state index contributed by atoms with van der Waals surface area (Å²) < 4.78 is 0. The number of halogens is 1. The second-order valence-corrected chi connectivity index (χ2v) is 7.67. The molecule has 1 amide bonds.